The van der Waals surface area contributed by atoms with Gasteiger partial charge >= 0.3 is 0 Å². The number of nitrogens with zero attached hydrogens (tertiary/aromatic N) is 1. The quantitative estimate of drug-likeness (QED) is 0.663. The predicted molar refractivity (Wildman–Crippen MR) is 55.2 cm³/mol. The molecule has 0 bridgehead atoms. The Balaban J connectivity index is 2.54. The summed E-state index contributed by atoms with van der Waals surface area (Å²) in [5, 5.41) is 0. The largest absolute Gasteiger partial charge is 0.320 e. The number of benzene rings is 1. The van der Waals surface area contributed by atoms with Gasteiger partial charge in [0.15, 0.2) is 0 Å². The van der Waals surface area contributed by atoms with Crippen molar-refractivity contribution in [2.75, 3.05) is 7.05 Å². The summed E-state index contributed by atoms with van der Waals surface area (Å²) < 4.78 is 0. The molecule has 0 aliphatic carbocycles. The minimum Gasteiger partial charge on any atom is -0.320 e. The van der Waals surface area contributed by atoms with Crippen LogP contribution < -0.4 is 5.73 Å². The lowest BCUT2D eigenvalue weighted by atomic mass is 10.0. The Hall–Kier alpha value is -1.61. The first-order valence-corrected chi connectivity index (χ1v) is 4.49. The van der Waals surface area contributed by atoms with Gasteiger partial charge < -0.3 is 10.6 Å². The van der Waals surface area contributed by atoms with Gasteiger partial charge in [0.05, 0.1) is 0 Å². The van der Waals surface area contributed by atoms with Gasteiger partial charge in [0.1, 0.15) is 6.04 Å². The van der Waals surface area contributed by atoms with Crippen LogP contribution in [0.4, 0.5) is 0 Å². The molecule has 1 atom stereocenters. The van der Waals surface area contributed by atoms with Crippen LogP contribution in [-0.4, -0.2) is 17.9 Å². The Kier molecular flexibility index (Phi) is 2.09. The zero-order valence-corrected chi connectivity index (χ0v) is 7.97. The highest BCUT2D eigenvalue weighted by Gasteiger charge is 2.22. The number of nitrogens with two attached hydrogens (primary N) is 1. The molecule has 0 fully saturated rings. The summed E-state index contributed by atoms with van der Waals surface area (Å²) in [6.45, 7) is 0. The highest BCUT2D eigenvalue weighted by molar-refractivity contribution is 5.87. The SMILES string of the molecule is CN1C=Cc2ccccc2[C@@H](N)C1=O. The minimum absolute atomic E-state index is 0.0776. The average Bonchev–Trinajstić information content (AvgIpc) is 2.32. The molecule has 3 nitrogen and oxygen atoms in total. The van der Waals surface area contributed by atoms with E-state index >= 15 is 0 Å². The number of hydrogen-bond acceptors (Lipinski definition) is 2. The van der Waals surface area contributed by atoms with Crippen molar-refractivity contribution in [3.05, 3.63) is 41.6 Å². The van der Waals surface area contributed by atoms with Crippen LogP contribution in [0, 0.1) is 0 Å². The van der Waals surface area contributed by atoms with Crippen LogP contribution >= 0.6 is 0 Å². The maximum atomic E-state index is 11.7. The molecular weight excluding hydrogens is 176 g/mol. The van der Waals surface area contributed by atoms with Crippen LogP contribution in [-0.2, 0) is 4.79 Å². The molecule has 1 aromatic rings. The van der Waals surface area contributed by atoms with E-state index in [1.165, 1.54) is 4.90 Å². The van der Waals surface area contributed by atoms with Gasteiger partial charge in [-0.1, -0.05) is 24.3 Å². The van der Waals surface area contributed by atoms with Crippen LogP contribution in [0.3, 0.4) is 0 Å². The fourth-order valence-electron chi connectivity index (χ4n) is 1.56. The second kappa shape index (κ2) is 3.27. The molecule has 3 heteroatoms. The van der Waals surface area contributed by atoms with Crippen LogP contribution in [0.1, 0.15) is 17.2 Å². The molecule has 1 aliphatic heterocycles. The summed E-state index contributed by atoms with van der Waals surface area (Å²) in [4.78, 5) is 13.2. The molecular formula is C11H12N2O. The number of carbonyl (C=O) groups is 1. The molecule has 0 spiro atoms. The van der Waals surface area contributed by atoms with E-state index in [-0.39, 0.29) is 5.91 Å². The average molecular weight is 188 g/mol. The van der Waals surface area contributed by atoms with Gasteiger partial charge in [-0.25, -0.2) is 0 Å². The molecule has 0 saturated heterocycles. The molecule has 0 aromatic heterocycles. The van der Waals surface area contributed by atoms with E-state index < -0.39 is 6.04 Å². The van der Waals surface area contributed by atoms with E-state index in [4.69, 9.17) is 5.73 Å². The minimum atomic E-state index is -0.550. The first kappa shape index (κ1) is 8.97. The number of likely N-dealkylation sites (N-methyl/N-ethyl adjacent to an activating group) is 1. The normalized spacial score (nSPS) is 20.6. The molecule has 0 saturated carbocycles. The highest BCUT2D eigenvalue weighted by atomic mass is 16.2. The van der Waals surface area contributed by atoms with Gasteiger partial charge in [0.2, 0.25) is 5.91 Å². The van der Waals surface area contributed by atoms with E-state index in [1.54, 1.807) is 13.2 Å². The first-order chi connectivity index (χ1) is 6.70. The first-order valence-electron chi connectivity index (χ1n) is 4.49. The predicted octanol–water partition coefficient (Wildman–Crippen LogP) is 1.13. The molecule has 1 aromatic carbocycles. The Morgan fingerprint density at radius 3 is 2.86 bits per heavy atom. The number of amides is 1. The van der Waals surface area contributed by atoms with Crippen molar-refractivity contribution in [1.29, 1.82) is 0 Å². The topological polar surface area (TPSA) is 46.3 Å². The van der Waals surface area contributed by atoms with Crippen molar-refractivity contribution >= 4 is 12.0 Å². The number of hydrogen-bond donors (Lipinski definition) is 1. The van der Waals surface area contributed by atoms with Gasteiger partial charge in [0.25, 0.3) is 0 Å². The molecule has 14 heavy (non-hydrogen) atoms. The lowest BCUT2D eigenvalue weighted by Crippen LogP contribution is -2.31. The van der Waals surface area contributed by atoms with Crippen LogP contribution in [0.25, 0.3) is 6.08 Å². The third kappa shape index (κ3) is 1.32. The standard InChI is InChI=1S/C11H12N2O/c1-13-7-6-8-4-2-3-5-9(8)10(12)11(13)14/h2-7,10H,12H2,1H3/t10-/m1/s1. The number of carbonyl (C=O) groups excluding carboxylic acids is 1. The molecule has 1 heterocycles. The summed E-state index contributed by atoms with van der Waals surface area (Å²) >= 11 is 0. The Labute approximate surface area is 82.8 Å². The van der Waals surface area contributed by atoms with E-state index in [0.29, 0.717) is 0 Å². The molecule has 1 amide bonds. The lowest BCUT2D eigenvalue weighted by molar-refractivity contribution is -0.128. The van der Waals surface area contributed by atoms with Crippen LogP contribution in [0.15, 0.2) is 30.5 Å². The van der Waals surface area contributed by atoms with Gasteiger partial charge in [-0.15, -0.1) is 0 Å². The lowest BCUT2D eigenvalue weighted by Gasteiger charge is -2.15. The van der Waals surface area contributed by atoms with E-state index in [1.807, 2.05) is 30.3 Å². The maximum absolute atomic E-state index is 11.7. The number of fused-ring (bicyclic) bond motifs is 1. The van der Waals surface area contributed by atoms with E-state index in [0.717, 1.165) is 11.1 Å². The van der Waals surface area contributed by atoms with E-state index in [2.05, 4.69) is 0 Å². The smallest absolute Gasteiger partial charge is 0.247 e. The molecule has 2 N–H and O–H groups in total. The highest BCUT2D eigenvalue weighted by Crippen LogP contribution is 2.22. The Bertz CT molecular complexity index is 398. The van der Waals surface area contributed by atoms with Gasteiger partial charge in [0, 0.05) is 13.2 Å². The van der Waals surface area contributed by atoms with Gasteiger partial charge in [-0.05, 0) is 17.2 Å². The maximum Gasteiger partial charge on any atom is 0.247 e. The van der Waals surface area contributed by atoms with Crippen molar-refractivity contribution < 1.29 is 4.79 Å². The molecule has 72 valence electrons. The molecule has 0 unspecified atom stereocenters. The fraction of sp³-hybridized carbons (Fsp3) is 0.182. The van der Waals surface area contributed by atoms with Gasteiger partial charge in [-0.2, -0.15) is 0 Å². The van der Waals surface area contributed by atoms with Crippen LogP contribution in [0.5, 0.6) is 0 Å². The van der Waals surface area contributed by atoms with Crippen molar-refractivity contribution in [2.24, 2.45) is 5.73 Å². The summed E-state index contributed by atoms with van der Waals surface area (Å²) in [6, 6.07) is 7.13. The van der Waals surface area contributed by atoms with Crippen LogP contribution in [0.2, 0.25) is 0 Å². The summed E-state index contributed by atoms with van der Waals surface area (Å²) in [6.07, 6.45) is 3.65. The summed E-state index contributed by atoms with van der Waals surface area (Å²) in [5.74, 6) is -0.0776. The molecule has 1 aliphatic rings. The van der Waals surface area contributed by atoms with Crippen molar-refractivity contribution in [3.63, 3.8) is 0 Å². The fourth-order valence-corrected chi connectivity index (χ4v) is 1.56. The monoisotopic (exact) mass is 188 g/mol. The van der Waals surface area contributed by atoms with Crippen molar-refractivity contribution in [1.82, 2.24) is 4.90 Å². The van der Waals surface area contributed by atoms with Crippen molar-refractivity contribution in [2.45, 2.75) is 6.04 Å². The molecule has 0 radical (unpaired) electrons. The van der Waals surface area contributed by atoms with E-state index in [9.17, 15) is 4.79 Å². The third-order valence-corrected chi connectivity index (χ3v) is 2.42. The second-order valence-corrected chi connectivity index (χ2v) is 3.37. The number of rotatable bonds is 0. The molecule has 2 rings (SSSR count). The Morgan fingerprint density at radius 2 is 2.07 bits per heavy atom. The van der Waals surface area contributed by atoms with Crippen molar-refractivity contribution in [3.8, 4) is 0 Å². The zero-order valence-electron chi connectivity index (χ0n) is 7.97. The summed E-state index contributed by atoms with van der Waals surface area (Å²) in [5.41, 5.74) is 7.75. The Morgan fingerprint density at radius 1 is 1.36 bits per heavy atom. The summed E-state index contributed by atoms with van der Waals surface area (Å²) in [7, 11) is 1.71. The zero-order chi connectivity index (χ0) is 10.1. The third-order valence-electron chi connectivity index (χ3n) is 2.42. The second-order valence-electron chi connectivity index (χ2n) is 3.37. The van der Waals surface area contributed by atoms with Gasteiger partial charge in [-0.3, -0.25) is 4.79 Å².